The van der Waals surface area contributed by atoms with E-state index in [4.69, 9.17) is 9.47 Å². The Kier molecular flexibility index (Phi) is 7.71. The summed E-state index contributed by atoms with van der Waals surface area (Å²) in [5.74, 6) is 0.754. The molecule has 0 spiro atoms. The molecular weight excluding hydrogens is 472 g/mol. The second-order valence-corrected chi connectivity index (χ2v) is 8.59. The molecule has 2 heterocycles. The van der Waals surface area contributed by atoms with Crippen LogP contribution in [0, 0.1) is 0 Å². The topological polar surface area (TPSA) is 97.3 Å². The molecule has 0 N–H and O–H groups in total. The maximum absolute atomic E-state index is 13.1. The molecule has 4 rings (SSSR count). The van der Waals surface area contributed by atoms with Crippen LogP contribution in [0.15, 0.2) is 58.1 Å². The van der Waals surface area contributed by atoms with Crippen LogP contribution in [0.5, 0.6) is 11.5 Å². The van der Waals surface area contributed by atoms with Crippen LogP contribution in [-0.4, -0.2) is 31.8 Å². The van der Waals surface area contributed by atoms with E-state index in [9.17, 15) is 14.4 Å². The van der Waals surface area contributed by atoms with E-state index < -0.39 is 5.97 Å². The molecule has 0 aliphatic carbocycles. The van der Waals surface area contributed by atoms with Crippen LogP contribution < -0.4 is 20.7 Å². The SMILES string of the molecule is CCCn1c(=O)c2c(nc(/C=C/c3ccc(OC(=O)c4ccccc4)c(OC)c3)n2C)n(CCC)c1=O. The van der Waals surface area contributed by atoms with Crippen LogP contribution in [0.3, 0.4) is 0 Å². The van der Waals surface area contributed by atoms with Crippen LogP contribution in [0.1, 0.15) is 48.4 Å². The molecule has 37 heavy (non-hydrogen) atoms. The highest BCUT2D eigenvalue weighted by Gasteiger charge is 2.19. The van der Waals surface area contributed by atoms with Crippen molar-refractivity contribution in [2.75, 3.05) is 7.11 Å². The largest absolute Gasteiger partial charge is 0.493 e. The average molecular weight is 503 g/mol. The molecule has 0 radical (unpaired) electrons. The number of aryl methyl sites for hydroxylation is 2. The first-order valence-corrected chi connectivity index (χ1v) is 12.2. The summed E-state index contributed by atoms with van der Waals surface area (Å²) in [4.78, 5) is 43.1. The van der Waals surface area contributed by atoms with Gasteiger partial charge in [0.1, 0.15) is 5.82 Å². The average Bonchev–Trinajstić information content (AvgIpc) is 3.24. The molecule has 9 nitrogen and oxygen atoms in total. The number of imidazole rings is 1. The van der Waals surface area contributed by atoms with Gasteiger partial charge in [-0.2, -0.15) is 0 Å². The predicted molar refractivity (Wildman–Crippen MR) is 143 cm³/mol. The van der Waals surface area contributed by atoms with Crippen molar-refractivity contribution in [1.82, 2.24) is 18.7 Å². The minimum Gasteiger partial charge on any atom is -0.493 e. The molecule has 9 heteroatoms. The van der Waals surface area contributed by atoms with Crippen LogP contribution in [-0.2, 0) is 20.1 Å². The Balaban J connectivity index is 1.68. The lowest BCUT2D eigenvalue weighted by molar-refractivity contribution is 0.0729. The molecule has 4 aromatic rings. The highest BCUT2D eigenvalue weighted by atomic mass is 16.6. The molecule has 2 aromatic heterocycles. The van der Waals surface area contributed by atoms with Gasteiger partial charge in [0.05, 0.1) is 12.7 Å². The smallest absolute Gasteiger partial charge is 0.343 e. The molecule has 0 saturated heterocycles. The summed E-state index contributed by atoms with van der Waals surface area (Å²) >= 11 is 0. The Labute approximate surface area is 214 Å². The van der Waals surface area contributed by atoms with Gasteiger partial charge in [-0.3, -0.25) is 13.9 Å². The van der Waals surface area contributed by atoms with Crippen molar-refractivity contribution in [3.63, 3.8) is 0 Å². The third-order valence-corrected chi connectivity index (χ3v) is 6.00. The zero-order chi connectivity index (χ0) is 26.5. The van der Waals surface area contributed by atoms with Gasteiger partial charge in [0.25, 0.3) is 5.56 Å². The van der Waals surface area contributed by atoms with Crippen molar-refractivity contribution >= 4 is 29.3 Å². The van der Waals surface area contributed by atoms with Gasteiger partial charge in [-0.05, 0) is 48.7 Å². The molecule has 0 aliphatic rings. The first kappa shape index (κ1) is 25.7. The molecule has 0 amide bonds. The normalized spacial score (nSPS) is 11.4. The molecule has 0 fully saturated rings. The lowest BCUT2D eigenvalue weighted by atomic mass is 10.2. The van der Waals surface area contributed by atoms with Crippen LogP contribution in [0.2, 0.25) is 0 Å². The Morgan fingerprint density at radius 1 is 0.946 bits per heavy atom. The van der Waals surface area contributed by atoms with Crippen molar-refractivity contribution in [1.29, 1.82) is 0 Å². The van der Waals surface area contributed by atoms with Crippen LogP contribution in [0.4, 0.5) is 0 Å². The number of aromatic nitrogens is 4. The van der Waals surface area contributed by atoms with Crippen molar-refractivity contribution in [3.05, 3.63) is 86.3 Å². The number of esters is 1. The zero-order valence-corrected chi connectivity index (χ0v) is 21.4. The third kappa shape index (κ3) is 5.11. The number of nitrogens with zero attached hydrogens (tertiary/aromatic N) is 4. The second-order valence-electron chi connectivity index (χ2n) is 8.59. The van der Waals surface area contributed by atoms with E-state index >= 15 is 0 Å². The number of hydrogen-bond donors (Lipinski definition) is 0. The highest BCUT2D eigenvalue weighted by molar-refractivity contribution is 5.91. The maximum Gasteiger partial charge on any atom is 0.343 e. The lowest BCUT2D eigenvalue weighted by Crippen LogP contribution is -2.40. The molecule has 2 aromatic carbocycles. The van der Waals surface area contributed by atoms with Crippen LogP contribution >= 0.6 is 0 Å². The van der Waals surface area contributed by atoms with Gasteiger partial charge >= 0.3 is 11.7 Å². The number of ether oxygens (including phenoxy) is 2. The maximum atomic E-state index is 13.1. The summed E-state index contributed by atoms with van der Waals surface area (Å²) in [5.41, 5.74) is 1.32. The van der Waals surface area contributed by atoms with Gasteiger partial charge < -0.3 is 14.0 Å². The van der Waals surface area contributed by atoms with Crippen LogP contribution in [0.25, 0.3) is 23.3 Å². The number of benzene rings is 2. The van der Waals surface area contributed by atoms with Crippen molar-refractivity contribution in [3.8, 4) is 11.5 Å². The van der Waals surface area contributed by atoms with E-state index in [1.807, 2.05) is 26.0 Å². The minimum absolute atomic E-state index is 0.302. The minimum atomic E-state index is -0.478. The third-order valence-electron chi connectivity index (χ3n) is 6.00. The molecule has 0 aliphatic heterocycles. The molecular formula is C28H30N4O5. The lowest BCUT2D eigenvalue weighted by Gasteiger charge is -2.10. The van der Waals surface area contributed by atoms with Gasteiger partial charge in [-0.1, -0.05) is 44.2 Å². The summed E-state index contributed by atoms with van der Waals surface area (Å²) in [7, 11) is 3.27. The Morgan fingerprint density at radius 2 is 1.65 bits per heavy atom. The van der Waals surface area contributed by atoms with Crippen molar-refractivity contribution in [2.45, 2.75) is 39.8 Å². The van der Waals surface area contributed by atoms with E-state index in [0.29, 0.717) is 53.6 Å². The number of fused-ring (bicyclic) bond motifs is 1. The van der Waals surface area contributed by atoms with E-state index in [0.717, 1.165) is 12.0 Å². The molecule has 0 unspecified atom stereocenters. The summed E-state index contributed by atoms with van der Waals surface area (Å²) in [6.45, 7) is 4.74. The number of carbonyl (C=O) groups is 1. The second kappa shape index (κ2) is 11.1. The Morgan fingerprint density at radius 3 is 2.32 bits per heavy atom. The highest BCUT2D eigenvalue weighted by Crippen LogP contribution is 2.29. The van der Waals surface area contributed by atoms with Gasteiger partial charge in [-0.25, -0.2) is 14.6 Å². The fourth-order valence-corrected chi connectivity index (χ4v) is 4.15. The monoisotopic (exact) mass is 502 g/mol. The molecule has 0 atom stereocenters. The fourth-order valence-electron chi connectivity index (χ4n) is 4.15. The number of hydrogen-bond acceptors (Lipinski definition) is 6. The van der Waals surface area contributed by atoms with Crippen molar-refractivity contribution in [2.24, 2.45) is 7.05 Å². The molecule has 0 saturated carbocycles. The standard InChI is InChI=1S/C28H30N4O5/c1-5-16-31-25-24(26(33)32(17-6-2)28(31)35)30(3)23(29-25)15-13-19-12-14-21(22(18-19)36-4)37-27(34)20-10-8-7-9-11-20/h7-15,18H,5-6,16-17H2,1-4H3/b15-13+. The summed E-state index contributed by atoms with van der Waals surface area (Å²) in [6, 6.07) is 13.9. The molecule has 192 valence electrons. The summed E-state index contributed by atoms with van der Waals surface area (Å²) in [6.07, 6.45) is 5.01. The predicted octanol–water partition coefficient (Wildman–Crippen LogP) is 4.11. The van der Waals surface area contributed by atoms with Gasteiger partial charge in [-0.15, -0.1) is 0 Å². The number of carbonyl (C=O) groups excluding carboxylic acids is 1. The number of methoxy groups -OCH3 is 1. The number of rotatable bonds is 9. The summed E-state index contributed by atoms with van der Waals surface area (Å²) in [5, 5.41) is 0. The first-order chi connectivity index (χ1) is 17.9. The van der Waals surface area contributed by atoms with Gasteiger partial charge in [0.2, 0.25) is 0 Å². The molecule has 0 bridgehead atoms. The first-order valence-electron chi connectivity index (χ1n) is 12.2. The quantitative estimate of drug-likeness (QED) is 0.252. The van der Waals surface area contributed by atoms with Crippen molar-refractivity contribution < 1.29 is 14.3 Å². The Bertz CT molecular complexity index is 1580. The van der Waals surface area contributed by atoms with E-state index in [2.05, 4.69) is 4.98 Å². The summed E-state index contributed by atoms with van der Waals surface area (Å²) < 4.78 is 15.5. The van der Waals surface area contributed by atoms with Gasteiger partial charge in [0, 0.05) is 20.1 Å². The van der Waals surface area contributed by atoms with E-state index in [-0.39, 0.29) is 11.2 Å². The Hall–Kier alpha value is -4.40. The van der Waals surface area contributed by atoms with E-state index in [1.54, 1.807) is 64.7 Å². The van der Waals surface area contributed by atoms with E-state index in [1.165, 1.54) is 11.7 Å². The fraction of sp³-hybridized carbons (Fsp3) is 0.286. The zero-order valence-electron chi connectivity index (χ0n) is 21.4. The van der Waals surface area contributed by atoms with Gasteiger partial charge in [0.15, 0.2) is 22.7 Å².